The highest BCUT2D eigenvalue weighted by Crippen LogP contribution is 2.27. The van der Waals surface area contributed by atoms with Crippen molar-refractivity contribution in [3.05, 3.63) is 30.4 Å². The SMILES string of the molecule is COc1cc(OC)cc(OCC=CCN)c1. The van der Waals surface area contributed by atoms with E-state index in [1.165, 1.54) is 0 Å². The molecule has 1 aromatic rings. The van der Waals surface area contributed by atoms with E-state index in [9.17, 15) is 0 Å². The van der Waals surface area contributed by atoms with Crippen LogP contribution in [-0.2, 0) is 0 Å². The third-order valence-corrected chi connectivity index (χ3v) is 1.97. The molecule has 0 aliphatic carbocycles. The van der Waals surface area contributed by atoms with Crippen molar-refractivity contribution in [2.75, 3.05) is 27.4 Å². The van der Waals surface area contributed by atoms with E-state index in [0.717, 1.165) is 0 Å². The lowest BCUT2D eigenvalue weighted by atomic mass is 10.3. The van der Waals surface area contributed by atoms with E-state index in [1.54, 1.807) is 32.4 Å². The zero-order chi connectivity index (χ0) is 11.8. The van der Waals surface area contributed by atoms with Crippen LogP contribution in [0.15, 0.2) is 30.4 Å². The molecule has 0 saturated heterocycles. The van der Waals surface area contributed by atoms with Crippen LogP contribution in [0.5, 0.6) is 17.2 Å². The first-order chi connectivity index (χ1) is 7.80. The average Bonchev–Trinajstić information content (AvgIpc) is 2.34. The minimum atomic E-state index is 0.480. The first kappa shape index (κ1) is 12.4. The largest absolute Gasteiger partial charge is 0.496 e. The van der Waals surface area contributed by atoms with Crippen molar-refractivity contribution in [3.8, 4) is 17.2 Å². The number of ether oxygens (including phenoxy) is 3. The fourth-order valence-electron chi connectivity index (χ4n) is 1.17. The Hall–Kier alpha value is -1.68. The predicted octanol–water partition coefficient (Wildman–Crippen LogP) is 1.60. The Bertz CT molecular complexity index is 328. The number of hydrogen-bond donors (Lipinski definition) is 1. The van der Waals surface area contributed by atoms with Crippen molar-refractivity contribution in [3.63, 3.8) is 0 Å². The van der Waals surface area contributed by atoms with Gasteiger partial charge in [0.15, 0.2) is 0 Å². The van der Waals surface area contributed by atoms with Crippen molar-refractivity contribution in [2.24, 2.45) is 5.73 Å². The third-order valence-electron chi connectivity index (χ3n) is 1.97. The van der Waals surface area contributed by atoms with Crippen LogP contribution >= 0.6 is 0 Å². The fourth-order valence-corrected chi connectivity index (χ4v) is 1.17. The van der Waals surface area contributed by atoms with Crippen molar-refractivity contribution < 1.29 is 14.2 Å². The lowest BCUT2D eigenvalue weighted by molar-refractivity contribution is 0.348. The summed E-state index contributed by atoms with van der Waals surface area (Å²) in [5.74, 6) is 2.12. The summed E-state index contributed by atoms with van der Waals surface area (Å²) in [5.41, 5.74) is 5.32. The summed E-state index contributed by atoms with van der Waals surface area (Å²) in [6.07, 6.45) is 3.71. The molecule has 1 rings (SSSR count). The Labute approximate surface area is 95.6 Å². The number of methoxy groups -OCH3 is 2. The molecule has 0 fully saturated rings. The Balaban J connectivity index is 2.67. The van der Waals surface area contributed by atoms with E-state index in [1.807, 2.05) is 12.2 Å². The summed E-state index contributed by atoms with van der Waals surface area (Å²) in [6, 6.07) is 5.40. The van der Waals surface area contributed by atoms with Gasteiger partial charge in [-0.1, -0.05) is 12.2 Å². The molecule has 0 heterocycles. The van der Waals surface area contributed by atoms with Gasteiger partial charge in [0.25, 0.3) is 0 Å². The second kappa shape index (κ2) is 6.74. The van der Waals surface area contributed by atoms with Crippen LogP contribution in [0, 0.1) is 0 Å². The molecule has 0 saturated carbocycles. The van der Waals surface area contributed by atoms with Gasteiger partial charge in [0.05, 0.1) is 14.2 Å². The van der Waals surface area contributed by atoms with Crippen molar-refractivity contribution >= 4 is 0 Å². The van der Waals surface area contributed by atoms with E-state index in [-0.39, 0.29) is 0 Å². The standard InChI is InChI=1S/C12H17NO3/c1-14-10-7-11(15-2)9-12(8-10)16-6-4-3-5-13/h3-4,7-9H,5-6,13H2,1-2H3. The van der Waals surface area contributed by atoms with Gasteiger partial charge in [0, 0.05) is 24.7 Å². The number of hydrogen-bond acceptors (Lipinski definition) is 4. The Morgan fingerprint density at radius 2 is 1.56 bits per heavy atom. The summed E-state index contributed by atoms with van der Waals surface area (Å²) < 4.78 is 15.7. The molecule has 2 N–H and O–H groups in total. The van der Waals surface area contributed by atoms with E-state index in [0.29, 0.717) is 30.4 Å². The Morgan fingerprint density at radius 3 is 2.06 bits per heavy atom. The number of nitrogens with two attached hydrogens (primary N) is 1. The molecule has 1 aromatic carbocycles. The summed E-state index contributed by atoms with van der Waals surface area (Å²) in [5, 5.41) is 0. The van der Waals surface area contributed by atoms with Crippen LogP contribution in [0.25, 0.3) is 0 Å². The van der Waals surface area contributed by atoms with Crippen molar-refractivity contribution in [2.45, 2.75) is 0 Å². The number of rotatable bonds is 6. The highest BCUT2D eigenvalue weighted by atomic mass is 16.5. The molecule has 0 spiro atoms. The molecular formula is C12H17NO3. The third kappa shape index (κ3) is 3.82. The normalized spacial score (nSPS) is 10.4. The topological polar surface area (TPSA) is 53.7 Å². The smallest absolute Gasteiger partial charge is 0.127 e. The Morgan fingerprint density at radius 1 is 1.00 bits per heavy atom. The van der Waals surface area contributed by atoms with Crippen LogP contribution in [0.2, 0.25) is 0 Å². The second-order valence-corrected chi connectivity index (χ2v) is 3.07. The zero-order valence-corrected chi connectivity index (χ0v) is 9.60. The van der Waals surface area contributed by atoms with Gasteiger partial charge in [-0.25, -0.2) is 0 Å². The maximum absolute atomic E-state index is 5.49. The molecule has 0 aliphatic heterocycles. The van der Waals surface area contributed by atoms with Crippen LogP contribution in [-0.4, -0.2) is 27.4 Å². The molecule has 0 aliphatic rings. The Kier molecular flexibility index (Phi) is 5.22. The molecule has 0 radical (unpaired) electrons. The van der Waals surface area contributed by atoms with Gasteiger partial charge in [0.2, 0.25) is 0 Å². The highest BCUT2D eigenvalue weighted by Gasteiger charge is 2.01. The van der Waals surface area contributed by atoms with E-state index >= 15 is 0 Å². The average molecular weight is 223 g/mol. The molecule has 88 valence electrons. The first-order valence-electron chi connectivity index (χ1n) is 5.01. The van der Waals surface area contributed by atoms with E-state index < -0.39 is 0 Å². The minimum Gasteiger partial charge on any atom is -0.496 e. The number of benzene rings is 1. The van der Waals surface area contributed by atoms with Crippen LogP contribution in [0.3, 0.4) is 0 Å². The molecule has 0 amide bonds. The van der Waals surface area contributed by atoms with Gasteiger partial charge in [0.1, 0.15) is 23.9 Å². The van der Waals surface area contributed by atoms with Gasteiger partial charge in [-0.15, -0.1) is 0 Å². The lowest BCUT2D eigenvalue weighted by Crippen LogP contribution is -1.98. The van der Waals surface area contributed by atoms with Gasteiger partial charge in [-0.2, -0.15) is 0 Å². The molecule has 4 nitrogen and oxygen atoms in total. The van der Waals surface area contributed by atoms with Gasteiger partial charge < -0.3 is 19.9 Å². The van der Waals surface area contributed by atoms with Crippen molar-refractivity contribution in [1.82, 2.24) is 0 Å². The highest BCUT2D eigenvalue weighted by molar-refractivity contribution is 5.42. The van der Waals surface area contributed by atoms with Gasteiger partial charge in [-0.3, -0.25) is 0 Å². The van der Waals surface area contributed by atoms with E-state index in [4.69, 9.17) is 19.9 Å². The summed E-state index contributed by atoms with van der Waals surface area (Å²) >= 11 is 0. The minimum absolute atomic E-state index is 0.480. The summed E-state index contributed by atoms with van der Waals surface area (Å²) in [7, 11) is 3.21. The monoisotopic (exact) mass is 223 g/mol. The van der Waals surface area contributed by atoms with E-state index in [2.05, 4.69) is 0 Å². The summed E-state index contributed by atoms with van der Waals surface area (Å²) in [4.78, 5) is 0. The maximum atomic E-state index is 5.49. The maximum Gasteiger partial charge on any atom is 0.127 e. The van der Waals surface area contributed by atoms with Gasteiger partial charge >= 0.3 is 0 Å². The first-order valence-corrected chi connectivity index (χ1v) is 5.01. The molecule has 0 bridgehead atoms. The van der Waals surface area contributed by atoms with Crippen LogP contribution in [0.4, 0.5) is 0 Å². The summed E-state index contributed by atoms with van der Waals surface area (Å²) in [6.45, 7) is 0.998. The zero-order valence-electron chi connectivity index (χ0n) is 9.60. The molecule has 16 heavy (non-hydrogen) atoms. The predicted molar refractivity (Wildman–Crippen MR) is 63.2 cm³/mol. The van der Waals surface area contributed by atoms with Crippen LogP contribution in [0.1, 0.15) is 0 Å². The molecular weight excluding hydrogens is 206 g/mol. The molecule has 0 unspecified atom stereocenters. The second-order valence-electron chi connectivity index (χ2n) is 3.07. The molecule has 0 atom stereocenters. The van der Waals surface area contributed by atoms with Gasteiger partial charge in [-0.05, 0) is 0 Å². The fraction of sp³-hybridized carbons (Fsp3) is 0.333. The van der Waals surface area contributed by atoms with Crippen LogP contribution < -0.4 is 19.9 Å². The molecule has 0 aromatic heterocycles. The lowest BCUT2D eigenvalue weighted by Gasteiger charge is -2.08. The quantitative estimate of drug-likeness (QED) is 0.744. The molecule has 4 heteroatoms. The van der Waals surface area contributed by atoms with Crippen molar-refractivity contribution in [1.29, 1.82) is 0 Å².